The zero-order valence-electron chi connectivity index (χ0n) is 17.7. The Balaban J connectivity index is 1.56. The molecule has 2 atom stereocenters. The van der Waals surface area contributed by atoms with Gasteiger partial charge in [-0.15, -0.1) is 0 Å². The first-order chi connectivity index (χ1) is 14.7. The largest absolute Gasteiger partial charge is 0.444 e. The first-order valence-electron chi connectivity index (χ1n) is 10.2. The number of nitro groups is 1. The van der Waals surface area contributed by atoms with Gasteiger partial charge in [-0.05, 0) is 45.7 Å². The van der Waals surface area contributed by atoms with Crippen molar-refractivity contribution in [3.8, 4) is 0 Å². The van der Waals surface area contributed by atoms with Gasteiger partial charge in [0, 0.05) is 31.4 Å². The standard InChI is InChI=1S/C20H25N7O4/c1-20(2,3)31-19(28)26-11-13-4-5-14(26)10-25(13)17-7-6-15(27(29)30)18(24-17)23-16-8-9-21-12-22-16/h6-9,12-14H,4-5,10-11H2,1-3H3,(H,21,22,23,24)/t13-,14-/m1/s1. The summed E-state index contributed by atoms with van der Waals surface area (Å²) in [6, 6.07) is 4.79. The minimum atomic E-state index is -0.547. The molecule has 0 aromatic carbocycles. The van der Waals surface area contributed by atoms with E-state index in [9.17, 15) is 14.9 Å². The van der Waals surface area contributed by atoms with E-state index >= 15 is 0 Å². The second-order valence-corrected chi connectivity index (χ2v) is 8.68. The van der Waals surface area contributed by atoms with E-state index in [4.69, 9.17) is 4.74 Å². The van der Waals surface area contributed by atoms with E-state index in [2.05, 4.69) is 25.2 Å². The molecule has 3 aliphatic rings. The molecule has 164 valence electrons. The van der Waals surface area contributed by atoms with Gasteiger partial charge in [-0.25, -0.2) is 19.7 Å². The number of amides is 1. The average molecular weight is 427 g/mol. The van der Waals surface area contributed by atoms with Crippen LogP contribution in [0.25, 0.3) is 0 Å². The zero-order valence-corrected chi connectivity index (χ0v) is 17.7. The molecule has 3 saturated heterocycles. The van der Waals surface area contributed by atoms with E-state index in [1.807, 2.05) is 20.8 Å². The minimum Gasteiger partial charge on any atom is -0.444 e. The first kappa shape index (κ1) is 20.8. The van der Waals surface area contributed by atoms with Crippen LogP contribution in [0.1, 0.15) is 33.6 Å². The molecule has 0 spiro atoms. The maximum absolute atomic E-state index is 12.6. The third kappa shape index (κ3) is 4.49. The molecule has 2 aromatic rings. The second kappa shape index (κ2) is 7.97. The van der Waals surface area contributed by atoms with E-state index in [1.165, 1.54) is 12.4 Å². The molecule has 2 bridgehead atoms. The fraction of sp³-hybridized carbons (Fsp3) is 0.500. The molecule has 5 rings (SSSR count). The second-order valence-electron chi connectivity index (χ2n) is 8.68. The van der Waals surface area contributed by atoms with Crippen molar-refractivity contribution in [1.82, 2.24) is 19.9 Å². The maximum Gasteiger partial charge on any atom is 0.410 e. The Morgan fingerprint density at radius 1 is 1.23 bits per heavy atom. The van der Waals surface area contributed by atoms with Gasteiger partial charge in [0.25, 0.3) is 0 Å². The molecule has 3 aliphatic heterocycles. The van der Waals surface area contributed by atoms with Crippen LogP contribution in [0.2, 0.25) is 0 Å². The Morgan fingerprint density at radius 3 is 2.61 bits per heavy atom. The van der Waals surface area contributed by atoms with Crippen molar-refractivity contribution in [1.29, 1.82) is 0 Å². The SMILES string of the molecule is CC(C)(C)OC(=O)N1C[C@H]2CC[C@@H]1CN2c1ccc([N+](=O)[O-])c(Nc2ccncn2)n1. The monoisotopic (exact) mass is 427 g/mol. The molecule has 31 heavy (non-hydrogen) atoms. The number of fused-ring (bicyclic) bond motifs is 3. The Hall–Kier alpha value is -3.50. The number of piperidine rings is 2. The van der Waals surface area contributed by atoms with Gasteiger partial charge in [-0.2, -0.15) is 0 Å². The molecule has 1 N–H and O–H groups in total. The molecular formula is C20H25N7O4. The molecule has 5 heterocycles. The summed E-state index contributed by atoms with van der Waals surface area (Å²) in [5.41, 5.74) is -0.686. The van der Waals surface area contributed by atoms with Gasteiger partial charge in [0.05, 0.1) is 11.0 Å². The number of rotatable bonds is 4. The summed E-state index contributed by atoms with van der Waals surface area (Å²) in [5.74, 6) is 1.16. The van der Waals surface area contributed by atoms with Crippen LogP contribution in [0.15, 0.2) is 30.7 Å². The summed E-state index contributed by atoms with van der Waals surface area (Å²) < 4.78 is 5.55. The van der Waals surface area contributed by atoms with Crippen LogP contribution in [-0.2, 0) is 4.74 Å². The number of ether oxygens (including phenoxy) is 1. The van der Waals surface area contributed by atoms with Crippen LogP contribution in [0, 0.1) is 10.1 Å². The van der Waals surface area contributed by atoms with E-state index in [0.29, 0.717) is 24.7 Å². The van der Waals surface area contributed by atoms with Gasteiger partial charge in [-0.1, -0.05) is 0 Å². The summed E-state index contributed by atoms with van der Waals surface area (Å²) in [5, 5.41) is 14.4. The van der Waals surface area contributed by atoms with Crippen molar-refractivity contribution in [2.24, 2.45) is 0 Å². The maximum atomic E-state index is 12.6. The molecule has 11 heteroatoms. The van der Waals surface area contributed by atoms with Crippen LogP contribution >= 0.6 is 0 Å². The van der Waals surface area contributed by atoms with Crippen molar-refractivity contribution in [3.63, 3.8) is 0 Å². The van der Waals surface area contributed by atoms with Crippen LogP contribution in [0.4, 0.5) is 27.9 Å². The predicted octanol–water partition coefficient (Wildman–Crippen LogP) is 3.11. The van der Waals surface area contributed by atoms with E-state index in [-0.39, 0.29) is 29.7 Å². The number of hydrogen-bond donors (Lipinski definition) is 1. The number of nitrogens with zero attached hydrogens (tertiary/aromatic N) is 6. The summed E-state index contributed by atoms with van der Waals surface area (Å²) in [4.78, 5) is 39.9. The lowest BCUT2D eigenvalue weighted by atomic mass is 9.91. The van der Waals surface area contributed by atoms with Crippen molar-refractivity contribution in [3.05, 3.63) is 40.8 Å². The smallest absolute Gasteiger partial charge is 0.410 e. The Bertz CT molecular complexity index is 979. The van der Waals surface area contributed by atoms with E-state index < -0.39 is 10.5 Å². The number of hydrogen-bond acceptors (Lipinski definition) is 9. The highest BCUT2D eigenvalue weighted by Crippen LogP contribution is 2.35. The van der Waals surface area contributed by atoms with Gasteiger partial charge in [0.2, 0.25) is 5.82 Å². The van der Waals surface area contributed by atoms with Crippen molar-refractivity contribution in [2.45, 2.75) is 51.3 Å². The highest BCUT2D eigenvalue weighted by molar-refractivity contribution is 5.70. The van der Waals surface area contributed by atoms with Crippen LogP contribution in [-0.4, -0.2) is 61.6 Å². The van der Waals surface area contributed by atoms with Crippen molar-refractivity contribution in [2.75, 3.05) is 23.3 Å². The van der Waals surface area contributed by atoms with E-state index in [0.717, 1.165) is 12.8 Å². The molecule has 0 unspecified atom stereocenters. The topological polar surface area (TPSA) is 127 Å². The van der Waals surface area contributed by atoms with Crippen LogP contribution < -0.4 is 10.2 Å². The number of aromatic nitrogens is 3. The average Bonchev–Trinajstić information content (AvgIpc) is 2.73. The zero-order chi connectivity index (χ0) is 22.2. The van der Waals surface area contributed by atoms with Crippen molar-refractivity contribution < 1.29 is 14.5 Å². The number of nitrogens with one attached hydrogen (secondary N) is 1. The third-order valence-corrected chi connectivity index (χ3v) is 5.34. The van der Waals surface area contributed by atoms with Gasteiger partial charge < -0.3 is 19.9 Å². The summed E-state index contributed by atoms with van der Waals surface area (Å²) >= 11 is 0. The highest BCUT2D eigenvalue weighted by atomic mass is 16.6. The summed E-state index contributed by atoms with van der Waals surface area (Å²) in [7, 11) is 0. The molecule has 0 saturated carbocycles. The number of anilines is 3. The molecule has 3 fully saturated rings. The Kier molecular flexibility index (Phi) is 5.34. The van der Waals surface area contributed by atoms with Gasteiger partial charge in [0.15, 0.2) is 0 Å². The molecular weight excluding hydrogens is 402 g/mol. The van der Waals surface area contributed by atoms with Gasteiger partial charge in [-0.3, -0.25) is 10.1 Å². The fourth-order valence-corrected chi connectivity index (χ4v) is 3.98. The predicted molar refractivity (Wildman–Crippen MR) is 113 cm³/mol. The van der Waals surface area contributed by atoms with E-state index in [1.54, 1.807) is 23.2 Å². The van der Waals surface area contributed by atoms with Gasteiger partial charge >= 0.3 is 11.8 Å². The number of piperazine rings is 1. The normalized spacial score (nSPS) is 20.5. The number of pyridine rings is 1. The van der Waals surface area contributed by atoms with Crippen LogP contribution in [0.5, 0.6) is 0 Å². The molecule has 2 aromatic heterocycles. The van der Waals surface area contributed by atoms with Crippen molar-refractivity contribution >= 4 is 29.2 Å². The summed E-state index contributed by atoms with van der Waals surface area (Å²) in [6.45, 7) is 6.69. The first-order valence-corrected chi connectivity index (χ1v) is 10.2. The quantitative estimate of drug-likeness (QED) is 0.578. The Labute approximate surface area is 179 Å². The van der Waals surface area contributed by atoms with Gasteiger partial charge in [0.1, 0.15) is 23.6 Å². The highest BCUT2D eigenvalue weighted by Gasteiger charge is 2.43. The number of carbonyl (C=O) groups excluding carboxylic acids is 1. The lowest BCUT2D eigenvalue weighted by molar-refractivity contribution is -0.384. The molecule has 0 radical (unpaired) electrons. The third-order valence-electron chi connectivity index (χ3n) is 5.34. The molecule has 11 nitrogen and oxygen atoms in total. The lowest BCUT2D eigenvalue weighted by Crippen LogP contribution is -2.64. The lowest BCUT2D eigenvalue weighted by Gasteiger charge is -2.51. The van der Waals surface area contributed by atoms with Crippen LogP contribution in [0.3, 0.4) is 0 Å². The molecule has 0 aliphatic carbocycles. The minimum absolute atomic E-state index is 0.00937. The Morgan fingerprint density at radius 2 is 2.00 bits per heavy atom. The number of carbonyl (C=O) groups is 1. The fourth-order valence-electron chi connectivity index (χ4n) is 3.98. The summed E-state index contributed by atoms with van der Waals surface area (Å²) in [6.07, 6.45) is 4.40. The molecule has 1 amide bonds.